The van der Waals surface area contributed by atoms with Crippen molar-refractivity contribution in [1.82, 2.24) is 0 Å². The molecule has 0 aromatic carbocycles. The minimum atomic E-state index is 1.03. The van der Waals surface area contributed by atoms with E-state index in [1.807, 2.05) is 0 Å². The lowest BCUT2D eigenvalue weighted by molar-refractivity contribution is 0.571. The Morgan fingerprint density at radius 2 is 1.06 bits per heavy atom. The topological polar surface area (TPSA) is 0 Å². The molecule has 0 heteroatoms. The summed E-state index contributed by atoms with van der Waals surface area (Å²) < 4.78 is 0. The van der Waals surface area contributed by atoms with Crippen LogP contribution in [0.1, 0.15) is 84.0 Å². The SMILES string of the molecule is [CH2]CCC=CCCCCCCCCCCC=CC. The van der Waals surface area contributed by atoms with Gasteiger partial charge >= 0.3 is 0 Å². The Bertz CT molecular complexity index is 188. The van der Waals surface area contributed by atoms with Crippen LogP contribution < -0.4 is 0 Å². The summed E-state index contributed by atoms with van der Waals surface area (Å²) in [5.74, 6) is 0. The second kappa shape index (κ2) is 16.5. The largest absolute Gasteiger partial charge is 0.0917 e. The van der Waals surface area contributed by atoms with Crippen LogP contribution in [0.3, 0.4) is 0 Å². The van der Waals surface area contributed by atoms with Crippen LogP contribution in [0, 0.1) is 6.92 Å². The van der Waals surface area contributed by atoms with Gasteiger partial charge in [0.05, 0.1) is 0 Å². The molecular formula is C18H33. The van der Waals surface area contributed by atoms with E-state index in [-0.39, 0.29) is 0 Å². The highest BCUT2D eigenvalue weighted by molar-refractivity contribution is 4.81. The first-order valence-corrected chi connectivity index (χ1v) is 7.97. The maximum absolute atomic E-state index is 3.83. The van der Waals surface area contributed by atoms with Gasteiger partial charge < -0.3 is 0 Å². The van der Waals surface area contributed by atoms with Gasteiger partial charge in [-0.25, -0.2) is 0 Å². The van der Waals surface area contributed by atoms with E-state index in [9.17, 15) is 0 Å². The monoisotopic (exact) mass is 249 g/mol. The molecule has 0 fully saturated rings. The number of hydrogen-bond donors (Lipinski definition) is 0. The molecule has 0 unspecified atom stereocenters. The first kappa shape index (κ1) is 17.5. The summed E-state index contributed by atoms with van der Waals surface area (Å²) >= 11 is 0. The zero-order chi connectivity index (χ0) is 13.3. The summed E-state index contributed by atoms with van der Waals surface area (Å²) in [6.07, 6.45) is 25.1. The molecule has 0 heterocycles. The van der Waals surface area contributed by atoms with Crippen LogP contribution in [-0.4, -0.2) is 0 Å². The van der Waals surface area contributed by atoms with E-state index in [0.717, 1.165) is 12.8 Å². The van der Waals surface area contributed by atoms with Crippen molar-refractivity contribution in [3.05, 3.63) is 31.2 Å². The maximum Gasteiger partial charge on any atom is -0.0351 e. The van der Waals surface area contributed by atoms with Gasteiger partial charge in [-0.1, -0.05) is 69.8 Å². The van der Waals surface area contributed by atoms with E-state index >= 15 is 0 Å². The quantitative estimate of drug-likeness (QED) is 0.254. The predicted molar refractivity (Wildman–Crippen MR) is 84.7 cm³/mol. The number of unbranched alkanes of at least 4 members (excludes halogenated alkanes) is 10. The van der Waals surface area contributed by atoms with Gasteiger partial charge in [-0.05, 0) is 45.4 Å². The highest BCUT2D eigenvalue weighted by atomic mass is 14.0. The molecule has 18 heavy (non-hydrogen) atoms. The molecule has 0 saturated carbocycles. The van der Waals surface area contributed by atoms with Crippen LogP contribution >= 0.6 is 0 Å². The van der Waals surface area contributed by atoms with Crippen molar-refractivity contribution in [3.63, 3.8) is 0 Å². The van der Waals surface area contributed by atoms with Crippen molar-refractivity contribution in [1.29, 1.82) is 0 Å². The third kappa shape index (κ3) is 15.5. The van der Waals surface area contributed by atoms with Gasteiger partial charge in [0.2, 0.25) is 0 Å². The zero-order valence-corrected chi connectivity index (χ0v) is 12.5. The molecule has 0 amide bonds. The molecule has 0 rings (SSSR count). The maximum atomic E-state index is 3.83. The molecule has 0 saturated heterocycles. The standard InChI is InChI=1S/C18H33/c1-3-5-7-9-11-13-15-17-18-16-14-12-10-8-6-4-2/h4,6-7,9H,1,3,5,8,10-18H2,2H3. The molecule has 0 N–H and O–H groups in total. The predicted octanol–water partition coefficient (Wildman–Crippen LogP) is 6.63. The second-order valence-corrected chi connectivity index (χ2v) is 5.09. The van der Waals surface area contributed by atoms with Crippen LogP contribution in [0.25, 0.3) is 0 Å². The molecule has 105 valence electrons. The normalized spacial score (nSPS) is 11.9. The van der Waals surface area contributed by atoms with E-state index in [4.69, 9.17) is 0 Å². The Kier molecular flexibility index (Phi) is 16.0. The van der Waals surface area contributed by atoms with Crippen LogP contribution in [-0.2, 0) is 0 Å². The fourth-order valence-electron chi connectivity index (χ4n) is 2.11. The molecular weight excluding hydrogens is 216 g/mol. The smallest absolute Gasteiger partial charge is 0.0351 e. The lowest BCUT2D eigenvalue weighted by Crippen LogP contribution is -1.81. The Hall–Kier alpha value is -0.520. The molecule has 0 nitrogen and oxygen atoms in total. The van der Waals surface area contributed by atoms with Gasteiger partial charge in [0.15, 0.2) is 0 Å². The van der Waals surface area contributed by atoms with Crippen molar-refractivity contribution in [2.24, 2.45) is 0 Å². The Balaban J connectivity index is 2.98. The minimum Gasteiger partial charge on any atom is -0.0917 e. The molecule has 0 aromatic heterocycles. The summed E-state index contributed by atoms with van der Waals surface area (Å²) in [6, 6.07) is 0. The van der Waals surface area contributed by atoms with E-state index in [1.165, 1.54) is 64.2 Å². The zero-order valence-electron chi connectivity index (χ0n) is 12.5. The fourth-order valence-corrected chi connectivity index (χ4v) is 2.11. The summed E-state index contributed by atoms with van der Waals surface area (Å²) in [5.41, 5.74) is 0. The number of hydrogen-bond acceptors (Lipinski definition) is 0. The molecule has 0 spiro atoms. The highest BCUT2D eigenvalue weighted by Crippen LogP contribution is 2.11. The van der Waals surface area contributed by atoms with Crippen LogP contribution in [0.4, 0.5) is 0 Å². The minimum absolute atomic E-state index is 1.03. The average Bonchev–Trinajstić information content (AvgIpc) is 2.39. The van der Waals surface area contributed by atoms with E-state index in [2.05, 4.69) is 38.2 Å². The Morgan fingerprint density at radius 1 is 0.611 bits per heavy atom. The van der Waals surface area contributed by atoms with Gasteiger partial charge in [-0.3, -0.25) is 0 Å². The van der Waals surface area contributed by atoms with Gasteiger partial charge in [0.1, 0.15) is 0 Å². The van der Waals surface area contributed by atoms with Crippen LogP contribution in [0.5, 0.6) is 0 Å². The summed E-state index contributed by atoms with van der Waals surface area (Å²) in [6.45, 7) is 5.94. The second-order valence-electron chi connectivity index (χ2n) is 5.09. The third-order valence-corrected chi connectivity index (χ3v) is 3.26. The lowest BCUT2D eigenvalue weighted by atomic mass is 10.1. The molecule has 0 atom stereocenters. The van der Waals surface area contributed by atoms with Gasteiger partial charge in [0.25, 0.3) is 0 Å². The molecule has 1 radical (unpaired) electrons. The third-order valence-electron chi connectivity index (χ3n) is 3.26. The Labute approximate surface area is 116 Å². The van der Waals surface area contributed by atoms with Crippen molar-refractivity contribution in [2.45, 2.75) is 84.0 Å². The number of rotatable bonds is 13. The van der Waals surface area contributed by atoms with Gasteiger partial charge in [-0.15, -0.1) is 0 Å². The molecule has 0 aliphatic heterocycles. The van der Waals surface area contributed by atoms with Crippen LogP contribution in [0.2, 0.25) is 0 Å². The van der Waals surface area contributed by atoms with Crippen molar-refractivity contribution >= 4 is 0 Å². The van der Waals surface area contributed by atoms with E-state index in [1.54, 1.807) is 0 Å². The first-order chi connectivity index (χ1) is 8.91. The fraction of sp³-hybridized carbons (Fsp3) is 0.722. The molecule has 0 aliphatic rings. The summed E-state index contributed by atoms with van der Waals surface area (Å²) in [5, 5.41) is 0. The van der Waals surface area contributed by atoms with Crippen molar-refractivity contribution in [3.8, 4) is 0 Å². The number of allylic oxidation sites excluding steroid dienone is 4. The average molecular weight is 249 g/mol. The van der Waals surface area contributed by atoms with Crippen molar-refractivity contribution < 1.29 is 0 Å². The summed E-state index contributed by atoms with van der Waals surface area (Å²) in [7, 11) is 0. The molecule has 0 bridgehead atoms. The van der Waals surface area contributed by atoms with E-state index in [0.29, 0.717) is 0 Å². The van der Waals surface area contributed by atoms with Crippen molar-refractivity contribution in [2.75, 3.05) is 0 Å². The van der Waals surface area contributed by atoms with Gasteiger partial charge in [-0.2, -0.15) is 0 Å². The van der Waals surface area contributed by atoms with E-state index < -0.39 is 0 Å². The molecule has 0 aromatic rings. The molecule has 0 aliphatic carbocycles. The Morgan fingerprint density at radius 3 is 1.56 bits per heavy atom. The summed E-state index contributed by atoms with van der Waals surface area (Å²) in [4.78, 5) is 0. The highest BCUT2D eigenvalue weighted by Gasteiger charge is 1.91. The van der Waals surface area contributed by atoms with Gasteiger partial charge in [0, 0.05) is 0 Å². The lowest BCUT2D eigenvalue weighted by Gasteiger charge is -2.00. The first-order valence-electron chi connectivity index (χ1n) is 7.97. The van der Waals surface area contributed by atoms with Crippen LogP contribution in [0.15, 0.2) is 24.3 Å².